The number of halogens is 2. The molecule has 0 spiro atoms. The molecule has 0 heterocycles. The van der Waals surface area contributed by atoms with Gasteiger partial charge < -0.3 is 9.84 Å². The number of methoxy groups -OCH3 is 1. The van der Waals surface area contributed by atoms with Gasteiger partial charge >= 0.3 is 0 Å². The summed E-state index contributed by atoms with van der Waals surface area (Å²) >= 11 is 6.15. The molecule has 0 atom stereocenters. The van der Waals surface area contributed by atoms with Crippen LogP contribution >= 0.6 is 31.9 Å². The first-order valence-corrected chi connectivity index (χ1v) is 8.87. The summed E-state index contributed by atoms with van der Waals surface area (Å²) in [6.07, 6.45) is 0. The van der Waals surface area contributed by atoms with Crippen LogP contribution in [0.4, 0.5) is 0 Å². The second-order valence-corrected chi connectivity index (χ2v) is 5.52. The van der Waals surface area contributed by atoms with E-state index in [0.29, 0.717) is 22.2 Å². The topological polar surface area (TPSA) is 63.6 Å². The lowest BCUT2D eigenvalue weighted by Crippen LogP contribution is -1.99. The molecule has 0 radical (unpaired) electrons. The predicted octanol–water partition coefficient (Wildman–Crippen LogP) is 4.24. The molecule has 0 aliphatic rings. The van der Waals surface area contributed by atoms with Gasteiger partial charge in [0, 0.05) is 11.1 Å². The van der Waals surface area contributed by atoms with Crippen LogP contribution in [0.15, 0.2) is 48.5 Å². The third-order valence-corrected chi connectivity index (χ3v) is 3.82. The molecule has 0 unspecified atom stereocenters. The van der Waals surface area contributed by atoms with Crippen LogP contribution in [0.25, 0.3) is 0 Å². The van der Waals surface area contributed by atoms with E-state index < -0.39 is 0 Å². The van der Waals surface area contributed by atoms with Gasteiger partial charge in [0.05, 0.1) is 17.8 Å². The van der Waals surface area contributed by atoms with Gasteiger partial charge in [0.1, 0.15) is 11.5 Å². The molecule has 0 amide bonds. The van der Waals surface area contributed by atoms with Crippen LogP contribution < -0.4 is 4.74 Å². The molecule has 0 aliphatic heterocycles. The lowest BCUT2D eigenvalue weighted by atomic mass is 10.1. The molecule has 4 nitrogen and oxygen atoms in total. The smallest absolute Gasteiger partial charge is 0.173 e. The SMILES string of the molecule is COc1cccc(C(=O)CBr)c1.O=C(CBr)c1cccc(O)c1. The van der Waals surface area contributed by atoms with Gasteiger partial charge in [-0.1, -0.05) is 56.1 Å². The highest BCUT2D eigenvalue weighted by Crippen LogP contribution is 2.13. The van der Waals surface area contributed by atoms with E-state index in [4.69, 9.17) is 9.84 Å². The van der Waals surface area contributed by atoms with Gasteiger partial charge in [-0.2, -0.15) is 0 Å². The minimum absolute atomic E-state index is 0.0269. The molecule has 2 aromatic rings. The summed E-state index contributed by atoms with van der Waals surface area (Å²) in [7, 11) is 1.58. The number of hydrogen-bond acceptors (Lipinski definition) is 4. The van der Waals surface area contributed by atoms with E-state index in [-0.39, 0.29) is 22.6 Å². The summed E-state index contributed by atoms with van der Waals surface area (Å²) in [6.45, 7) is 0. The Hall–Kier alpha value is -1.66. The summed E-state index contributed by atoms with van der Waals surface area (Å²) in [6, 6.07) is 13.4. The van der Waals surface area contributed by atoms with Crippen molar-refractivity contribution in [2.45, 2.75) is 0 Å². The molecule has 0 saturated heterocycles. The first-order chi connectivity index (χ1) is 11.0. The molecule has 122 valence electrons. The van der Waals surface area contributed by atoms with Crippen molar-refractivity contribution in [2.24, 2.45) is 0 Å². The zero-order chi connectivity index (χ0) is 17.2. The van der Waals surface area contributed by atoms with Crippen molar-refractivity contribution in [2.75, 3.05) is 17.8 Å². The maximum atomic E-state index is 11.2. The average molecular weight is 444 g/mol. The Bertz CT molecular complexity index is 671. The van der Waals surface area contributed by atoms with E-state index in [0.717, 1.165) is 0 Å². The van der Waals surface area contributed by atoms with Crippen LogP contribution in [0, 0.1) is 0 Å². The van der Waals surface area contributed by atoms with Crippen LogP contribution in [-0.4, -0.2) is 34.4 Å². The average Bonchev–Trinajstić information content (AvgIpc) is 2.60. The molecule has 6 heteroatoms. The maximum Gasteiger partial charge on any atom is 0.173 e. The molecular weight excluding hydrogens is 428 g/mol. The van der Waals surface area contributed by atoms with E-state index >= 15 is 0 Å². The Kier molecular flexibility index (Phi) is 8.58. The number of carbonyl (C=O) groups is 2. The number of alkyl halides is 2. The van der Waals surface area contributed by atoms with E-state index in [9.17, 15) is 9.59 Å². The Morgan fingerprint density at radius 1 is 0.957 bits per heavy atom. The first-order valence-electron chi connectivity index (χ1n) is 6.63. The Morgan fingerprint density at radius 3 is 1.96 bits per heavy atom. The summed E-state index contributed by atoms with van der Waals surface area (Å²) in [4.78, 5) is 22.2. The molecule has 0 fully saturated rings. The second-order valence-electron chi connectivity index (χ2n) is 4.40. The van der Waals surface area contributed by atoms with E-state index in [2.05, 4.69) is 31.9 Å². The normalized spacial score (nSPS) is 9.52. The number of hydrogen-bond donors (Lipinski definition) is 1. The number of ketones is 2. The van der Waals surface area contributed by atoms with Crippen LogP contribution in [0.2, 0.25) is 0 Å². The zero-order valence-corrected chi connectivity index (χ0v) is 15.6. The highest BCUT2D eigenvalue weighted by Gasteiger charge is 2.04. The van der Waals surface area contributed by atoms with Crippen LogP contribution in [-0.2, 0) is 0 Å². The van der Waals surface area contributed by atoms with Gasteiger partial charge in [-0.05, 0) is 24.3 Å². The number of Topliss-reactive ketones (excluding diaryl/α,β-unsaturated/α-hetero) is 2. The fourth-order valence-corrected chi connectivity index (χ4v) is 2.28. The Morgan fingerprint density at radius 2 is 1.48 bits per heavy atom. The van der Waals surface area contributed by atoms with Crippen molar-refractivity contribution in [3.63, 3.8) is 0 Å². The fourth-order valence-electron chi connectivity index (χ4n) is 1.63. The van der Waals surface area contributed by atoms with Gasteiger partial charge in [0.2, 0.25) is 0 Å². The minimum atomic E-state index is -0.0269. The van der Waals surface area contributed by atoms with Crippen LogP contribution in [0.1, 0.15) is 20.7 Å². The van der Waals surface area contributed by atoms with Crippen molar-refractivity contribution in [1.29, 1.82) is 0 Å². The third kappa shape index (κ3) is 6.54. The van der Waals surface area contributed by atoms with E-state index in [1.165, 1.54) is 12.1 Å². The Labute approximate surface area is 151 Å². The Balaban J connectivity index is 0.000000231. The summed E-state index contributed by atoms with van der Waals surface area (Å²) in [5.41, 5.74) is 1.20. The molecule has 1 N–H and O–H groups in total. The molecule has 2 rings (SSSR count). The number of ether oxygens (including phenoxy) is 1. The number of aromatic hydroxyl groups is 1. The molecule has 0 saturated carbocycles. The first kappa shape index (κ1) is 19.4. The minimum Gasteiger partial charge on any atom is -0.508 e. The van der Waals surface area contributed by atoms with Crippen molar-refractivity contribution < 1.29 is 19.4 Å². The summed E-state index contributed by atoms with van der Waals surface area (Å²) < 4.78 is 4.98. The quantitative estimate of drug-likeness (QED) is 0.554. The lowest BCUT2D eigenvalue weighted by Gasteiger charge is -2.00. The van der Waals surface area contributed by atoms with E-state index in [1.807, 2.05) is 6.07 Å². The fraction of sp³-hybridized carbons (Fsp3) is 0.176. The summed E-state index contributed by atoms with van der Waals surface area (Å²) in [5, 5.41) is 9.63. The molecule has 23 heavy (non-hydrogen) atoms. The van der Waals surface area contributed by atoms with Gasteiger partial charge in [-0.3, -0.25) is 9.59 Å². The summed E-state index contributed by atoms with van der Waals surface area (Å²) in [5.74, 6) is 0.869. The number of phenols is 1. The number of rotatable bonds is 5. The largest absolute Gasteiger partial charge is 0.508 e. The molecule has 0 bridgehead atoms. The number of phenolic OH excluding ortho intramolecular Hbond substituents is 1. The maximum absolute atomic E-state index is 11.2. The molecular formula is C17H16Br2O4. The van der Waals surface area contributed by atoms with Crippen molar-refractivity contribution in [1.82, 2.24) is 0 Å². The van der Waals surface area contributed by atoms with Crippen LogP contribution in [0.3, 0.4) is 0 Å². The predicted molar refractivity (Wildman–Crippen MR) is 97.3 cm³/mol. The molecule has 2 aromatic carbocycles. The van der Waals surface area contributed by atoms with Crippen molar-refractivity contribution >= 4 is 43.4 Å². The second kappa shape index (κ2) is 10.2. The number of carbonyl (C=O) groups excluding carboxylic acids is 2. The monoisotopic (exact) mass is 442 g/mol. The van der Waals surface area contributed by atoms with Gasteiger partial charge in [-0.25, -0.2) is 0 Å². The van der Waals surface area contributed by atoms with Crippen molar-refractivity contribution in [3.05, 3.63) is 59.7 Å². The van der Waals surface area contributed by atoms with Gasteiger partial charge in [0.15, 0.2) is 11.6 Å². The number of benzene rings is 2. The zero-order valence-electron chi connectivity index (χ0n) is 12.5. The van der Waals surface area contributed by atoms with E-state index in [1.54, 1.807) is 37.4 Å². The van der Waals surface area contributed by atoms with Crippen molar-refractivity contribution in [3.8, 4) is 11.5 Å². The highest BCUT2D eigenvalue weighted by molar-refractivity contribution is 9.09. The standard InChI is InChI=1S/C9H9BrO2.C8H7BrO2/c1-12-8-4-2-3-7(5-8)9(11)6-10;9-5-8(11)6-2-1-3-7(10)4-6/h2-5H,6H2,1H3;1-4,10H,5H2. The highest BCUT2D eigenvalue weighted by atomic mass is 79.9. The molecule has 0 aromatic heterocycles. The molecule has 0 aliphatic carbocycles. The lowest BCUT2D eigenvalue weighted by molar-refractivity contribution is 0.101. The van der Waals surface area contributed by atoms with Gasteiger partial charge in [-0.15, -0.1) is 0 Å². The van der Waals surface area contributed by atoms with Gasteiger partial charge in [0.25, 0.3) is 0 Å². The van der Waals surface area contributed by atoms with Crippen LogP contribution in [0.5, 0.6) is 11.5 Å². The third-order valence-electron chi connectivity index (χ3n) is 2.80.